The molecule has 2 fully saturated rings. The molecule has 0 saturated carbocycles. The van der Waals surface area contributed by atoms with Gasteiger partial charge in [-0.15, -0.1) is 0 Å². The molecule has 110 valence electrons. The highest BCUT2D eigenvalue weighted by Gasteiger charge is 2.29. The van der Waals surface area contributed by atoms with E-state index in [4.69, 9.17) is 0 Å². The number of nitro groups is 1. The number of benzene rings is 1. The van der Waals surface area contributed by atoms with Crippen molar-refractivity contribution in [1.82, 2.24) is 4.90 Å². The van der Waals surface area contributed by atoms with Gasteiger partial charge >= 0.3 is 0 Å². The molecule has 21 heavy (non-hydrogen) atoms. The Kier molecular flexibility index (Phi) is 3.76. The van der Waals surface area contributed by atoms with Crippen LogP contribution in [-0.4, -0.2) is 42.0 Å². The first-order valence-corrected chi connectivity index (χ1v) is 7.36. The third-order valence-corrected chi connectivity index (χ3v) is 4.46. The standard InChI is InChI=1S/C15H18N4O2/c16-10-12-9-13(19(20)21)4-5-15(12)18-8-2-7-17-6-1-3-14(17)11-18/h4-5,9,14H,1-3,6-8,11H2. The Bertz CT molecular complexity index is 596. The Hall–Kier alpha value is -2.13. The lowest BCUT2D eigenvalue weighted by Gasteiger charge is -2.27. The average Bonchev–Trinajstić information content (AvgIpc) is 2.83. The molecule has 0 N–H and O–H groups in total. The van der Waals surface area contributed by atoms with Crippen LogP contribution in [-0.2, 0) is 0 Å². The molecule has 1 atom stereocenters. The molecule has 3 rings (SSSR count). The Morgan fingerprint density at radius 3 is 2.86 bits per heavy atom. The zero-order valence-electron chi connectivity index (χ0n) is 11.9. The zero-order chi connectivity index (χ0) is 14.8. The van der Waals surface area contributed by atoms with E-state index in [-0.39, 0.29) is 5.69 Å². The number of nitriles is 1. The summed E-state index contributed by atoms with van der Waals surface area (Å²) in [7, 11) is 0. The van der Waals surface area contributed by atoms with Gasteiger partial charge in [-0.1, -0.05) is 0 Å². The SMILES string of the molecule is N#Cc1cc([N+](=O)[O-])ccc1N1CCCN2CCCC2C1. The second-order valence-corrected chi connectivity index (χ2v) is 5.70. The highest BCUT2D eigenvalue weighted by molar-refractivity contribution is 5.63. The monoisotopic (exact) mass is 286 g/mol. The third-order valence-electron chi connectivity index (χ3n) is 4.46. The highest BCUT2D eigenvalue weighted by Crippen LogP contribution is 2.29. The summed E-state index contributed by atoms with van der Waals surface area (Å²) in [4.78, 5) is 15.1. The van der Waals surface area contributed by atoms with E-state index in [0.29, 0.717) is 11.6 Å². The lowest BCUT2D eigenvalue weighted by molar-refractivity contribution is -0.384. The van der Waals surface area contributed by atoms with E-state index in [2.05, 4.69) is 15.9 Å². The van der Waals surface area contributed by atoms with Crippen molar-refractivity contribution >= 4 is 11.4 Å². The number of hydrogen-bond donors (Lipinski definition) is 0. The van der Waals surface area contributed by atoms with Crippen molar-refractivity contribution in [3.63, 3.8) is 0 Å². The maximum atomic E-state index is 10.8. The molecule has 1 aromatic rings. The van der Waals surface area contributed by atoms with Gasteiger partial charge in [0.2, 0.25) is 0 Å². The Balaban J connectivity index is 1.88. The topological polar surface area (TPSA) is 73.4 Å². The zero-order valence-corrected chi connectivity index (χ0v) is 11.9. The number of rotatable bonds is 2. The number of non-ortho nitro benzene ring substituents is 1. The molecule has 1 aromatic carbocycles. The van der Waals surface area contributed by atoms with E-state index in [1.807, 2.05) is 0 Å². The number of anilines is 1. The summed E-state index contributed by atoms with van der Waals surface area (Å²) >= 11 is 0. The summed E-state index contributed by atoms with van der Waals surface area (Å²) in [6.07, 6.45) is 3.51. The first-order chi connectivity index (χ1) is 10.2. The van der Waals surface area contributed by atoms with E-state index in [9.17, 15) is 15.4 Å². The second kappa shape index (κ2) is 5.70. The van der Waals surface area contributed by atoms with Gasteiger partial charge in [-0.2, -0.15) is 5.26 Å². The van der Waals surface area contributed by atoms with Crippen LogP contribution in [0.1, 0.15) is 24.8 Å². The van der Waals surface area contributed by atoms with Crippen LogP contribution < -0.4 is 4.90 Å². The molecule has 0 aliphatic carbocycles. The first-order valence-electron chi connectivity index (χ1n) is 7.36. The highest BCUT2D eigenvalue weighted by atomic mass is 16.6. The minimum atomic E-state index is -0.453. The summed E-state index contributed by atoms with van der Waals surface area (Å²) in [5.41, 5.74) is 1.21. The molecule has 0 amide bonds. The van der Waals surface area contributed by atoms with Crippen molar-refractivity contribution in [1.29, 1.82) is 5.26 Å². The van der Waals surface area contributed by atoms with Gasteiger partial charge in [0.25, 0.3) is 5.69 Å². The fourth-order valence-electron chi connectivity index (χ4n) is 3.43. The van der Waals surface area contributed by atoms with Crippen LogP contribution >= 0.6 is 0 Å². The summed E-state index contributed by atoms with van der Waals surface area (Å²) in [5, 5.41) is 20.1. The van der Waals surface area contributed by atoms with Gasteiger partial charge in [0.15, 0.2) is 0 Å². The normalized spacial score (nSPS) is 22.4. The smallest absolute Gasteiger partial charge is 0.270 e. The molecule has 2 saturated heterocycles. The number of nitro benzene ring substituents is 1. The predicted molar refractivity (Wildman–Crippen MR) is 79.2 cm³/mol. The summed E-state index contributed by atoms with van der Waals surface area (Å²) in [6, 6.07) is 7.26. The largest absolute Gasteiger partial charge is 0.369 e. The van der Waals surface area contributed by atoms with Gasteiger partial charge in [0, 0.05) is 37.8 Å². The molecule has 2 aliphatic rings. The minimum Gasteiger partial charge on any atom is -0.369 e. The first kappa shape index (κ1) is 13.8. The summed E-state index contributed by atoms with van der Waals surface area (Å²) in [5.74, 6) is 0. The summed E-state index contributed by atoms with van der Waals surface area (Å²) in [6.45, 7) is 4.09. The molecule has 2 aliphatic heterocycles. The van der Waals surface area contributed by atoms with Crippen molar-refractivity contribution in [3.05, 3.63) is 33.9 Å². The molecule has 0 bridgehead atoms. The third kappa shape index (κ3) is 2.69. The fourth-order valence-corrected chi connectivity index (χ4v) is 3.43. The maximum absolute atomic E-state index is 10.8. The lowest BCUT2D eigenvalue weighted by Crippen LogP contribution is -2.36. The van der Waals surface area contributed by atoms with Crippen LogP contribution in [0, 0.1) is 21.4 Å². The van der Waals surface area contributed by atoms with E-state index in [1.54, 1.807) is 6.07 Å². The predicted octanol–water partition coefficient (Wildman–Crippen LogP) is 2.14. The molecule has 2 heterocycles. The molecule has 6 heteroatoms. The second-order valence-electron chi connectivity index (χ2n) is 5.70. The molecular weight excluding hydrogens is 268 g/mol. The van der Waals surface area contributed by atoms with Crippen LogP contribution in [0.4, 0.5) is 11.4 Å². The molecule has 0 aromatic heterocycles. The molecular formula is C15H18N4O2. The van der Waals surface area contributed by atoms with E-state index >= 15 is 0 Å². The van der Waals surface area contributed by atoms with Gasteiger partial charge in [0.1, 0.15) is 6.07 Å². The van der Waals surface area contributed by atoms with Crippen LogP contribution in [0.5, 0.6) is 0 Å². The number of hydrogen-bond acceptors (Lipinski definition) is 5. The van der Waals surface area contributed by atoms with E-state index in [0.717, 1.165) is 31.7 Å². The van der Waals surface area contributed by atoms with Crippen molar-refractivity contribution in [3.8, 4) is 6.07 Å². The minimum absolute atomic E-state index is 0.0207. The molecule has 1 unspecified atom stereocenters. The Labute approximate surface area is 123 Å². The van der Waals surface area contributed by atoms with Gasteiger partial charge in [0.05, 0.1) is 16.2 Å². The van der Waals surface area contributed by atoms with Crippen LogP contribution in [0.25, 0.3) is 0 Å². The van der Waals surface area contributed by atoms with E-state index < -0.39 is 4.92 Å². The van der Waals surface area contributed by atoms with Crippen molar-refractivity contribution in [2.75, 3.05) is 31.1 Å². The molecule has 0 spiro atoms. The van der Waals surface area contributed by atoms with Gasteiger partial charge in [-0.3, -0.25) is 15.0 Å². The van der Waals surface area contributed by atoms with Crippen LogP contribution in [0.15, 0.2) is 18.2 Å². The number of nitrogens with zero attached hydrogens (tertiary/aromatic N) is 4. The van der Waals surface area contributed by atoms with E-state index in [1.165, 1.54) is 31.5 Å². The fraction of sp³-hybridized carbons (Fsp3) is 0.533. The van der Waals surface area contributed by atoms with Crippen molar-refractivity contribution in [2.45, 2.75) is 25.3 Å². The van der Waals surface area contributed by atoms with Crippen molar-refractivity contribution < 1.29 is 4.92 Å². The van der Waals surface area contributed by atoms with Gasteiger partial charge in [-0.25, -0.2) is 0 Å². The Morgan fingerprint density at radius 1 is 1.29 bits per heavy atom. The van der Waals surface area contributed by atoms with Crippen LogP contribution in [0.3, 0.4) is 0 Å². The lowest BCUT2D eigenvalue weighted by atomic mass is 10.1. The quantitative estimate of drug-likeness (QED) is 0.615. The van der Waals surface area contributed by atoms with Gasteiger partial charge < -0.3 is 4.90 Å². The van der Waals surface area contributed by atoms with Crippen LogP contribution in [0.2, 0.25) is 0 Å². The molecule has 6 nitrogen and oxygen atoms in total. The maximum Gasteiger partial charge on any atom is 0.270 e. The Morgan fingerprint density at radius 2 is 2.10 bits per heavy atom. The number of fused-ring (bicyclic) bond motifs is 1. The van der Waals surface area contributed by atoms with Gasteiger partial charge in [-0.05, 0) is 31.9 Å². The molecule has 0 radical (unpaired) electrons. The van der Waals surface area contributed by atoms with Crippen molar-refractivity contribution in [2.24, 2.45) is 0 Å². The average molecular weight is 286 g/mol. The summed E-state index contributed by atoms with van der Waals surface area (Å²) < 4.78 is 0.